The number of halogens is 2. The Morgan fingerprint density at radius 1 is 1.42 bits per heavy atom. The smallest absolute Gasteiger partial charge is 0.141 e. The topological polar surface area (TPSA) is 12.4 Å². The summed E-state index contributed by atoms with van der Waals surface area (Å²) in [5.74, 6) is -0.413. The molecule has 1 rings (SSSR count). The molecule has 0 aliphatic heterocycles. The van der Waals surface area contributed by atoms with Gasteiger partial charge in [0.2, 0.25) is 0 Å². The summed E-state index contributed by atoms with van der Waals surface area (Å²) >= 11 is 5.55. The van der Waals surface area contributed by atoms with Gasteiger partial charge in [-0.05, 0) is 32.0 Å². The van der Waals surface area contributed by atoms with E-state index in [1.165, 1.54) is 12.1 Å². The minimum Gasteiger partial charge on any atom is -0.258 e. The van der Waals surface area contributed by atoms with Gasteiger partial charge in [-0.2, -0.15) is 0 Å². The van der Waals surface area contributed by atoms with Crippen LogP contribution in [0.15, 0.2) is 23.2 Å². The van der Waals surface area contributed by atoms with Crippen LogP contribution in [0.4, 0.5) is 10.1 Å². The van der Waals surface area contributed by atoms with E-state index in [9.17, 15) is 4.39 Å². The molecule has 0 amide bonds. The molecular weight excluding hydrogens is 177 g/mol. The van der Waals surface area contributed by atoms with Crippen molar-refractivity contribution in [2.75, 3.05) is 0 Å². The monoisotopic (exact) mass is 185 g/mol. The number of aliphatic imine (C=N–C) groups is 1. The first-order valence-electron chi connectivity index (χ1n) is 3.56. The molecule has 12 heavy (non-hydrogen) atoms. The summed E-state index contributed by atoms with van der Waals surface area (Å²) in [7, 11) is 0. The number of nitrogens with zero attached hydrogens (tertiary/aromatic N) is 1. The predicted molar refractivity (Wildman–Crippen MR) is 49.9 cm³/mol. The maximum Gasteiger partial charge on any atom is 0.141 e. The minimum absolute atomic E-state index is 0.109. The molecule has 0 heterocycles. The quantitative estimate of drug-likeness (QED) is 0.593. The summed E-state index contributed by atoms with van der Waals surface area (Å²) in [5, 5.41) is 0.109. The van der Waals surface area contributed by atoms with Crippen molar-refractivity contribution < 1.29 is 4.39 Å². The van der Waals surface area contributed by atoms with Gasteiger partial charge in [0, 0.05) is 5.71 Å². The fourth-order valence-electron chi connectivity index (χ4n) is 0.813. The zero-order chi connectivity index (χ0) is 9.14. The van der Waals surface area contributed by atoms with Crippen LogP contribution in [0.5, 0.6) is 0 Å². The summed E-state index contributed by atoms with van der Waals surface area (Å²) in [4.78, 5) is 4.13. The average Bonchev–Trinajstić information content (AvgIpc) is 1.96. The van der Waals surface area contributed by atoms with Gasteiger partial charge in [-0.1, -0.05) is 11.6 Å². The molecule has 0 aromatic heterocycles. The van der Waals surface area contributed by atoms with Gasteiger partial charge >= 0.3 is 0 Å². The van der Waals surface area contributed by atoms with E-state index in [0.717, 1.165) is 5.71 Å². The van der Waals surface area contributed by atoms with Crippen LogP contribution in [0.1, 0.15) is 13.8 Å². The van der Waals surface area contributed by atoms with E-state index in [2.05, 4.69) is 4.99 Å². The highest BCUT2D eigenvalue weighted by atomic mass is 35.5. The standard InChI is InChI=1S/C9H9ClFN/c1-6(2)12-7-3-4-9(11)8(10)5-7/h3-5H,1-2H3. The van der Waals surface area contributed by atoms with E-state index in [1.807, 2.05) is 13.8 Å². The molecule has 3 heteroatoms. The second kappa shape index (κ2) is 3.68. The summed E-state index contributed by atoms with van der Waals surface area (Å²) in [6.07, 6.45) is 0. The van der Waals surface area contributed by atoms with E-state index >= 15 is 0 Å². The third-order valence-electron chi connectivity index (χ3n) is 1.26. The van der Waals surface area contributed by atoms with Crippen molar-refractivity contribution in [3.8, 4) is 0 Å². The third-order valence-corrected chi connectivity index (χ3v) is 1.55. The molecule has 0 fully saturated rings. The van der Waals surface area contributed by atoms with Gasteiger partial charge in [-0.25, -0.2) is 4.39 Å². The number of benzene rings is 1. The van der Waals surface area contributed by atoms with E-state index in [-0.39, 0.29) is 5.02 Å². The van der Waals surface area contributed by atoms with Crippen LogP contribution in [0, 0.1) is 5.82 Å². The van der Waals surface area contributed by atoms with Gasteiger partial charge in [0.05, 0.1) is 10.7 Å². The second-order valence-corrected chi connectivity index (χ2v) is 3.06. The van der Waals surface area contributed by atoms with Crippen molar-refractivity contribution in [2.24, 2.45) is 4.99 Å². The van der Waals surface area contributed by atoms with Crippen LogP contribution in [0.2, 0.25) is 5.02 Å². The minimum atomic E-state index is -0.413. The molecule has 0 aliphatic rings. The first-order chi connectivity index (χ1) is 5.59. The number of hydrogen-bond acceptors (Lipinski definition) is 1. The highest BCUT2D eigenvalue weighted by Crippen LogP contribution is 2.21. The molecule has 0 radical (unpaired) electrons. The van der Waals surface area contributed by atoms with Gasteiger partial charge in [0.1, 0.15) is 5.82 Å². The van der Waals surface area contributed by atoms with Crippen LogP contribution >= 0.6 is 11.6 Å². The van der Waals surface area contributed by atoms with Crippen LogP contribution in [-0.2, 0) is 0 Å². The largest absolute Gasteiger partial charge is 0.258 e. The van der Waals surface area contributed by atoms with Crippen molar-refractivity contribution in [2.45, 2.75) is 13.8 Å². The van der Waals surface area contributed by atoms with Crippen molar-refractivity contribution in [3.05, 3.63) is 29.0 Å². The lowest BCUT2D eigenvalue weighted by atomic mass is 10.3. The lowest BCUT2D eigenvalue weighted by Gasteiger charge is -1.96. The van der Waals surface area contributed by atoms with E-state index in [1.54, 1.807) is 6.07 Å². The van der Waals surface area contributed by atoms with Crippen molar-refractivity contribution in [1.82, 2.24) is 0 Å². The van der Waals surface area contributed by atoms with E-state index in [0.29, 0.717) is 5.69 Å². The molecule has 64 valence electrons. The number of hydrogen-bond donors (Lipinski definition) is 0. The van der Waals surface area contributed by atoms with Crippen LogP contribution < -0.4 is 0 Å². The molecule has 0 bridgehead atoms. The molecular formula is C9H9ClFN. The highest BCUT2D eigenvalue weighted by molar-refractivity contribution is 6.31. The Labute approximate surface area is 75.9 Å². The SMILES string of the molecule is CC(C)=Nc1ccc(F)c(Cl)c1. The molecule has 1 aromatic carbocycles. The van der Waals surface area contributed by atoms with E-state index < -0.39 is 5.82 Å². The zero-order valence-corrected chi connectivity index (χ0v) is 7.69. The normalized spacial score (nSPS) is 9.67. The zero-order valence-electron chi connectivity index (χ0n) is 6.94. The van der Waals surface area contributed by atoms with Crippen molar-refractivity contribution in [1.29, 1.82) is 0 Å². The number of rotatable bonds is 1. The first kappa shape index (κ1) is 9.20. The lowest BCUT2D eigenvalue weighted by molar-refractivity contribution is 0.628. The fraction of sp³-hybridized carbons (Fsp3) is 0.222. The molecule has 0 spiro atoms. The molecule has 0 N–H and O–H groups in total. The van der Waals surface area contributed by atoms with Crippen LogP contribution in [-0.4, -0.2) is 5.71 Å². The molecule has 1 nitrogen and oxygen atoms in total. The lowest BCUT2D eigenvalue weighted by Crippen LogP contribution is -1.79. The predicted octanol–water partition coefficient (Wildman–Crippen LogP) is 3.59. The summed E-state index contributed by atoms with van der Waals surface area (Å²) in [6.45, 7) is 3.74. The van der Waals surface area contributed by atoms with Crippen molar-refractivity contribution >= 4 is 23.0 Å². The molecule has 0 unspecified atom stereocenters. The van der Waals surface area contributed by atoms with E-state index in [4.69, 9.17) is 11.6 Å². The Kier molecular flexibility index (Phi) is 2.82. The Hall–Kier alpha value is -0.890. The highest BCUT2D eigenvalue weighted by Gasteiger charge is 1.98. The van der Waals surface area contributed by atoms with Gasteiger partial charge in [-0.3, -0.25) is 4.99 Å². The molecule has 0 atom stereocenters. The van der Waals surface area contributed by atoms with Crippen LogP contribution in [0.3, 0.4) is 0 Å². The Morgan fingerprint density at radius 2 is 2.08 bits per heavy atom. The van der Waals surface area contributed by atoms with Gasteiger partial charge in [0.25, 0.3) is 0 Å². The summed E-state index contributed by atoms with van der Waals surface area (Å²) in [6, 6.07) is 4.40. The third kappa shape index (κ3) is 2.31. The molecule has 0 saturated carbocycles. The second-order valence-electron chi connectivity index (χ2n) is 2.66. The summed E-state index contributed by atoms with van der Waals surface area (Å²) < 4.78 is 12.7. The van der Waals surface area contributed by atoms with Crippen molar-refractivity contribution in [3.63, 3.8) is 0 Å². The van der Waals surface area contributed by atoms with Gasteiger partial charge in [0.15, 0.2) is 0 Å². The summed E-state index contributed by atoms with van der Waals surface area (Å²) in [5.41, 5.74) is 1.60. The Morgan fingerprint density at radius 3 is 2.58 bits per heavy atom. The average molecular weight is 186 g/mol. The van der Waals surface area contributed by atoms with Gasteiger partial charge < -0.3 is 0 Å². The van der Waals surface area contributed by atoms with Gasteiger partial charge in [-0.15, -0.1) is 0 Å². The molecule has 0 saturated heterocycles. The van der Waals surface area contributed by atoms with Crippen LogP contribution in [0.25, 0.3) is 0 Å². The Balaban J connectivity index is 3.05. The molecule has 0 aliphatic carbocycles. The maximum atomic E-state index is 12.7. The maximum absolute atomic E-state index is 12.7. The fourth-order valence-corrected chi connectivity index (χ4v) is 0.988. The molecule has 1 aromatic rings. The Bertz CT molecular complexity index is 316. The first-order valence-corrected chi connectivity index (χ1v) is 3.94.